The summed E-state index contributed by atoms with van der Waals surface area (Å²) in [5.74, 6) is 0.789. The molecule has 1 fully saturated rings. The summed E-state index contributed by atoms with van der Waals surface area (Å²) >= 11 is 0. The standard InChI is InChI=1S/C15H23N3O/c1-3-9-16-13-11-12(6-10-17-13)14(19)18-15(4-2)7-5-8-15/h6,10-11H,3-5,7-9H2,1-2H3,(H,16,17)(H,18,19). The van der Waals surface area contributed by atoms with Gasteiger partial charge in [0.15, 0.2) is 0 Å². The maximum Gasteiger partial charge on any atom is 0.251 e. The maximum atomic E-state index is 12.3. The van der Waals surface area contributed by atoms with Crippen molar-refractivity contribution in [2.45, 2.75) is 51.5 Å². The van der Waals surface area contributed by atoms with Gasteiger partial charge in [0.25, 0.3) is 5.91 Å². The van der Waals surface area contributed by atoms with Crippen molar-refractivity contribution in [2.24, 2.45) is 0 Å². The maximum absolute atomic E-state index is 12.3. The molecule has 4 heteroatoms. The molecule has 1 heterocycles. The van der Waals surface area contributed by atoms with Crippen molar-refractivity contribution in [1.29, 1.82) is 0 Å². The Kier molecular flexibility index (Phi) is 4.40. The highest BCUT2D eigenvalue weighted by atomic mass is 16.1. The zero-order valence-corrected chi connectivity index (χ0v) is 11.8. The van der Waals surface area contributed by atoms with Crippen LogP contribution < -0.4 is 10.6 Å². The van der Waals surface area contributed by atoms with Crippen LogP contribution >= 0.6 is 0 Å². The molecule has 0 aliphatic heterocycles. The number of hydrogen-bond donors (Lipinski definition) is 2. The van der Waals surface area contributed by atoms with Gasteiger partial charge in [-0.15, -0.1) is 0 Å². The second-order valence-electron chi connectivity index (χ2n) is 5.30. The molecule has 0 unspecified atom stereocenters. The number of carbonyl (C=O) groups is 1. The molecule has 2 rings (SSSR count). The Hall–Kier alpha value is -1.58. The fraction of sp³-hybridized carbons (Fsp3) is 0.600. The highest BCUT2D eigenvalue weighted by Gasteiger charge is 2.36. The first kappa shape index (κ1) is 13.8. The van der Waals surface area contributed by atoms with Crippen LogP contribution in [0.2, 0.25) is 0 Å². The Balaban J connectivity index is 2.02. The first-order chi connectivity index (χ1) is 9.19. The zero-order chi connectivity index (χ0) is 13.7. The van der Waals surface area contributed by atoms with Crippen LogP contribution in [0.1, 0.15) is 56.3 Å². The monoisotopic (exact) mass is 261 g/mol. The molecule has 1 saturated carbocycles. The SMILES string of the molecule is CCCNc1cc(C(=O)NC2(CC)CCC2)ccn1. The minimum atomic E-state index is 0.0171. The molecule has 0 aromatic carbocycles. The molecule has 0 saturated heterocycles. The highest BCUT2D eigenvalue weighted by molar-refractivity contribution is 5.95. The van der Waals surface area contributed by atoms with Gasteiger partial charge in [0.05, 0.1) is 0 Å². The third-order valence-corrected chi connectivity index (χ3v) is 3.94. The van der Waals surface area contributed by atoms with Gasteiger partial charge in [0, 0.05) is 23.8 Å². The Labute approximate surface area is 115 Å². The lowest BCUT2D eigenvalue weighted by Gasteiger charge is -2.42. The van der Waals surface area contributed by atoms with Gasteiger partial charge in [-0.25, -0.2) is 4.98 Å². The van der Waals surface area contributed by atoms with Gasteiger partial charge in [0.1, 0.15) is 5.82 Å². The number of anilines is 1. The van der Waals surface area contributed by atoms with Crippen LogP contribution in [-0.4, -0.2) is 23.0 Å². The first-order valence-corrected chi connectivity index (χ1v) is 7.21. The molecular weight excluding hydrogens is 238 g/mol. The highest BCUT2D eigenvalue weighted by Crippen LogP contribution is 2.34. The molecule has 0 spiro atoms. The largest absolute Gasteiger partial charge is 0.370 e. The van der Waals surface area contributed by atoms with E-state index >= 15 is 0 Å². The summed E-state index contributed by atoms with van der Waals surface area (Å²) < 4.78 is 0. The number of pyridine rings is 1. The molecule has 4 nitrogen and oxygen atoms in total. The van der Waals surface area contributed by atoms with Crippen molar-refractivity contribution >= 4 is 11.7 Å². The number of hydrogen-bond acceptors (Lipinski definition) is 3. The number of amides is 1. The molecule has 104 valence electrons. The fourth-order valence-corrected chi connectivity index (χ4v) is 2.41. The van der Waals surface area contributed by atoms with E-state index in [2.05, 4.69) is 29.5 Å². The van der Waals surface area contributed by atoms with Crippen molar-refractivity contribution in [3.8, 4) is 0 Å². The van der Waals surface area contributed by atoms with Crippen molar-refractivity contribution in [3.63, 3.8) is 0 Å². The Bertz CT molecular complexity index is 435. The number of aromatic nitrogens is 1. The van der Waals surface area contributed by atoms with E-state index in [4.69, 9.17) is 0 Å². The topological polar surface area (TPSA) is 54.0 Å². The van der Waals surface area contributed by atoms with E-state index < -0.39 is 0 Å². The zero-order valence-electron chi connectivity index (χ0n) is 11.8. The Morgan fingerprint density at radius 3 is 2.79 bits per heavy atom. The summed E-state index contributed by atoms with van der Waals surface area (Å²) in [6.45, 7) is 5.11. The molecule has 0 atom stereocenters. The second kappa shape index (κ2) is 6.04. The van der Waals surface area contributed by atoms with E-state index in [0.717, 1.165) is 38.0 Å². The lowest BCUT2D eigenvalue weighted by atomic mass is 9.74. The van der Waals surface area contributed by atoms with E-state index in [-0.39, 0.29) is 11.4 Å². The predicted molar refractivity (Wildman–Crippen MR) is 77.4 cm³/mol. The third-order valence-electron chi connectivity index (χ3n) is 3.94. The van der Waals surface area contributed by atoms with Crippen molar-refractivity contribution in [2.75, 3.05) is 11.9 Å². The van der Waals surface area contributed by atoms with Gasteiger partial charge in [-0.2, -0.15) is 0 Å². The van der Waals surface area contributed by atoms with Crippen LogP contribution in [0.3, 0.4) is 0 Å². The lowest BCUT2D eigenvalue weighted by molar-refractivity contribution is 0.0820. The summed E-state index contributed by atoms with van der Waals surface area (Å²) in [6.07, 6.45) is 7.14. The molecule has 1 aliphatic carbocycles. The van der Waals surface area contributed by atoms with Crippen LogP contribution in [0.5, 0.6) is 0 Å². The molecule has 0 radical (unpaired) electrons. The Morgan fingerprint density at radius 2 is 2.21 bits per heavy atom. The van der Waals surface area contributed by atoms with Gasteiger partial charge in [-0.3, -0.25) is 4.79 Å². The summed E-state index contributed by atoms with van der Waals surface area (Å²) in [7, 11) is 0. The summed E-state index contributed by atoms with van der Waals surface area (Å²) in [6, 6.07) is 3.60. The lowest BCUT2D eigenvalue weighted by Crippen LogP contribution is -2.52. The molecule has 1 aromatic heterocycles. The normalized spacial score (nSPS) is 16.5. The average Bonchev–Trinajstić information content (AvgIpc) is 2.40. The smallest absolute Gasteiger partial charge is 0.251 e. The predicted octanol–water partition coefficient (Wildman–Crippen LogP) is 2.97. The fourth-order valence-electron chi connectivity index (χ4n) is 2.41. The molecule has 19 heavy (non-hydrogen) atoms. The quantitative estimate of drug-likeness (QED) is 0.827. The molecular formula is C15H23N3O. The van der Waals surface area contributed by atoms with Gasteiger partial charge < -0.3 is 10.6 Å². The van der Waals surface area contributed by atoms with Gasteiger partial charge >= 0.3 is 0 Å². The van der Waals surface area contributed by atoms with Gasteiger partial charge in [0.2, 0.25) is 0 Å². The number of nitrogens with one attached hydrogen (secondary N) is 2. The minimum absolute atomic E-state index is 0.0171. The van der Waals surface area contributed by atoms with Crippen LogP contribution in [0.25, 0.3) is 0 Å². The molecule has 2 N–H and O–H groups in total. The van der Waals surface area contributed by atoms with E-state index in [1.807, 2.05) is 6.07 Å². The van der Waals surface area contributed by atoms with Gasteiger partial charge in [-0.05, 0) is 44.2 Å². The summed E-state index contributed by atoms with van der Waals surface area (Å²) in [5.41, 5.74) is 0.727. The summed E-state index contributed by atoms with van der Waals surface area (Å²) in [5, 5.41) is 6.39. The molecule has 0 bridgehead atoms. The van der Waals surface area contributed by atoms with E-state index in [1.54, 1.807) is 12.3 Å². The van der Waals surface area contributed by atoms with E-state index in [9.17, 15) is 4.79 Å². The van der Waals surface area contributed by atoms with Crippen LogP contribution in [0.4, 0.5) is 5.82 Å². The van der Waals surface area contributed by atoms with E-state index in [0.29, 0.717) is 5.56 Å². The molecule has 1 aliphatic rings. The number of nitrogens with zero attached hydrogens (tertiary/aromatic N) is 1. The Morgan fingerprint density at radius 1 is 1.42 bits per heavy atom. The first-order valence-electron chi connectivity index (χ1n) is 7.21. The second-order valence-corrected chi connectivity index (χ2v) is 5.30. The minimum Gasteiger partial charge on any atom is -0.370 e. The number of rotatable bonds is 6. The molecule has 1 amide bonds. The average molecular weight is 261 g/mol. The molecule has 1 aromatic rings. The van der Waals surface area contributed by atoms with Crippen LogP contribution in [0, 0.1) is 0 Å². The number of carbonyl (C=O) groups excluding carboxylic acids is 1. The van der Waals surface area contributed by atoms with Crippen LogP contribution in [0.15, 0.2) is 18.3 Å². The summed E-state index contributed by atoms with van der Waals surface area (Å²) in [4.78, 5) is 16.5. The van der Waals surface area contributed by atoms with Crippen molar-refractivity contribution < 1.29 is 4.79 Å². The van der Waals surface area contributed by atoms with Crippen molar-refractivity contribution in [3.05, 3.63) is 23.9 Å². The third kappa shape index (κ3) is 3.25. The van der Waals surface area contributed by atoms with Crippen molar-refractivity contribution in [1.82, 2.24) is 10.3 Å². The van der Waals surface area contributed by atoms with E-state index in [1.165, 1.54) is 6.42 Å². The van der Waals surface area contributed by atoms with Gasteiger partial charge in [-0.1, -0.05) is 13.8 Å². The van der Waals surface area contributed by atoms with Crippen LogP contribution in [-0.2, 0) is 0 Å².